The fourth-order valence-corrected chi connectivity index (χ4v) is 3.91. The number of benzene rings is 1. The minimum Gasteiger partial charge on any atom is -0.494 e. The van der Waals surface area contributed by atoms with Crippen molar-refractivity contribution in [2.45, 2.75) is 22.9 Å². The van der Waals surface area contributed by atoms with Gasteiger partial charge in [-0.2, -0.15) is 0 Å². The highest BCUT2D eigenvalue weighted by Crippen LogP contribution is 2.34. The third-order valence-electron chi connectivity index (χ3n) is 2.53. The Morgan fingerprint density at radius 3 is 2.81 bits per heavy atom. The van der Waals surface area contributed by atoms with E-state index in [-0.39, 0.29) is 0 Å². The van der Waals surface area contributed by atoms with Gasteiger partial charge in [-0.3, -0.25) is 9.59 Å². The summed E-state index contributed by atoms with van der Waals surface area (Å²) in [6, 6.07) is 5.44. The van der Waals surface area contributed by atoms with Crippen LogP contribution in [0.2, 0.25) is 0 Å². The van der Waals surface area contributed by atoms with Gasteiger partial charge in [0.25, 0.3) is 0 Å². The number of hydrogen-bond donors (Lipinski definition) is 2. The Bertz CT molecular complexity index is 670. The predicted octanol–water partition coefficient (Wildman–Crippen LogP) is 2.71. The summed E-state index contributed by atoms with van der Waals surface area (Å²) in [5, 5.41) is 16.7. The monoisotopic (exact) mass is 327 g/mol. The number of carboxylic acid groups (broad SMARTS) is 2. The summed E-state index contributed by atoms with van der Waals surface area (Å²) in [5.74, 6) is -1.57. The number of thiazole rings is 1. The second kappa shape index (κ2) is 6.77. The van der Waals surface area contributed by atoms with Crippen molar-refractivity contribution in [1.29, 1.82) is 0 Å². The first kappa shape index (κ1) is 15.6. The first-order valence-electron chi connectivity index (χ1n) is 6.14. The van der Waals surface area contributed by atoms with Crippen LogP contribution in [-0.4, -0.2) is 39.0 Å². The molecule has 1 aromatic carbocycles. The summed E-state index contributed by atoms with van der Waals surface area (Å²) in [7, 11) is 0. The molecule has 0 bridgehead atoms. The number of ether oxygens (including phenoxy) is 1. The van der Waals surface area contributed by atoms with Crippen LogP contribution in [0, 0.1) is 0 Å². The van der Waals surface area contributed by atoms with Crippen molar-refractivity contribution in [2.75, 3.05) is 6.61 Å². The number of carbonyl (C=O) groups is 2. The van der Waals surface area contributed by atoms with Gasteiger partial charge in [0.2, 0.25) is 0 Å². The highest BCUT2D eigenvalue weighted by molar-refractivity contribution is 8.02. The Kier molecular flexibility index (Phi) is 5.03. The second-order valence-electron chi connectivity index (χ2n) is 4.08. The zero-order valence-corrected chi connectivity index (χ0v) is 12.7. The maximum absolute atomic E-state index is 11.1. The van der Waals surface area contributed by atoms with E-state index in [9.17, 15) is 9.59 Å². The molecule has 2 N–H and O–H groups in total. The molecule has 8 heteroatoms. The Morgan fingerprint density at radius 1 is 1.43 bits per heavy atom. The predicted molar refractivity (Wildman–Crippen MR) is 80.3 cm³/mol. The van der Waals surface area contributed by atoms with Gasteiger partial charge in [-0.1, -0.05) is 11.8 Å². The van der Waals surface area contributed by atoms with Crippen molar-refractivity contribution < 1.29 is 24.5 Å². The molecule has 0 aliphatic carbocycles. The van der Waals surface area contributed by atoms with Crippen molar-refractivity contribution in [3.8, 4) is 5.75 Å². The third kappa shape index (κ3) is 4.08. The number of rotatable bonds is 7. The number of fused-ring (bicyclic) bond motifs is 1. The average Bonchev–Trinajstić information content (AvgIpc) is 2.79. The molecule has 1 unspecified atom stereocenters. The molecule has 0 spiro atoms. The molecule has 2 aromatic rings. The molecule has 1 heterocycles. The van der Waals surface area contributed by atoms with Crippen LogP contribution in [0.5, 0.6) is 5.75 Å². The van der Waals surface area contributed by atoms with E-state index >= 15 is 0 Å². The van der Waals surface area contributed by atoms with Gasteiger partial charge in [0.05, 0.1) is 23.2 Å². The molecule has 0 saturated carbocycles. The van der Waals surface area contributed by atoms with Crippen LogP contribution in [0.15, 0.2) is 22.5 Å². The van der Waals surface area contributed by atoms with Crippen molar-refractivity contribution in [3.05, 3.63) is 18.2 Å². The maximum Gasteiger partial charge on any atom is 0.317 e. The number of carboxylic acids is 2. The molecule has 0 saturated heterocycles. The first-order chi connectivity index (χ1) is 9.99. The van der Waals surface area contributed by atoms with Crippen LogP contribution in [0.1, 0.15) is 13.3 Å². The zero-order valence-electron chi connectivity index (χ0n) is 11.1. The fraction of sp³-hybridized carbons (Fsp3) is 0.308. The second-order valence-corrected chi connectivity index (χ2v) is 6.57. The van der Waals surface area contributed by atoms with E-state index in [1.165, 1.54) is 11.3 Å². The minimum atomic E-state index is -1.16. The summed E-state index contributed by atoms with van der Waals surface area (Å²) < 4.78 is 6.81. The van der Waals surface area contributed by atoms with E-state index in [0.717, 1.165) is 27.7 Å². The van der Waals surface area contributed by atoms with Crippen LogP contribution in [0.25, 0.3) is 10.2 Å². The lowest BCUT2D eigenvalue weighted by Crippen LogP contribution is -2.20. The van der Waals surface area contributed by atoms with Crippen molar-refractivity contribution in [1.82, 2.24) is 4.98 Å². The summed E-state index contributed by atoms with van der Waals surface area (Å²) in [6.07, 6.45) is -0.444. The fourth-order valence-electron chi connectivity index (χ4n) is 1.65. The molecular weight excluding hydrogens is 314 g/mol. The number of thioether (sulfide) groups is 1. The largest absolute Gasteiger partial charge is 0.494 e. The molecule has 1 aromatic heterocycles. The Morgan fingerprint density at radius 2 is 2.19 bits per heavy atom. The van der Waals surface area contributed by atoms with Gasteiger partial charge in [0.15, 0.2) is 4.34 Å². The van der Waals surface area contributed by atoms with Gasteiger partial charge in [0, 0.05) is 0 Å². The third-order valence-corrected chi connectivity index (χ3v) is 4.83. The maximum atomic E-state index is 11.1. The zero-order chi connectivity index (χ0) is 15.4. The standard InChI is InChI=1S/C13H13NO5S2/c1-2-19-7-3-4-8-9(5-7)20-13(14-8)21-10(12(17)18)6-11(15)16/h3-5,10H,2,6H2,1H3,(H,15,16)(H,17,18). The number of hydrogen-bond acceptors (Lipinski definition) is 6. The van der Waals surface area contributed by atoms with Gasteiger partial charge in [-0.05, 0) is 25.1 Å². The Balaban J connectivity index is 2.21. The molecule has 0 aliphatic heterocycles. The summed E-state index contributed by atoms with van der Waals surface area (Å²) in [6.45, 7) is 2.45. The lowest BCUT2D eigenvalue weighted by atomic mass is 10.3. The highest BCUT2D eigenvalue weighted by Gasteiger charge is 2.24. The van der Waals surface area contributed by atoms with E-state index in [1.807, 2.05) is 13.0 Å². The number of aromatic nitrogens is 1. The topological polar surface area (TPSA) is 96.7 Å². The summed E-state index contributed by atoms with van der Waals surface area (Å²) in [4.78, 5) is 26.1. The molecule has 6 nitrogen and oxygen atoms in total. The van der Waals surface area contributed by atoms with Crippen LogP contribution in [0.4, 0.5) is 0 Å². The van der Waals surface area contributed by atoms with E-state index < -0.39 is 23.6 Å². The van der Waals surface area contributed by atoms with Crippen molar-refractivity contribution in [3.63, 3.8) is 0 Å². The van der Waals surface area contributed by atoms with Gasteiger partial charge in [-0.25, -0.2) is 4.98 Å². The smallest absolute Gasteiger partial charge is 0.317 e. The van der Waals surface area contributed by atoms with Gasteiger partial charge in [0.1, 0.15) is 11.0 Å². The molecule has 0 radical (unpaired) electrons. The van der Waals surface area contributed by atoms with E-state index in [1.54, 1.807) is 12.1 Å². The van der Waals surface area contributed by atoms with Gasteiger partial charge in [-0.15, -0.1) is 11.3 Å². The lowest BCUT2D eigenvalue weighted by Gasteiger charge is -2.06. The van der Waals surface area contributed by atoms with E-state index in [4.69, 9.17) is 14.9 Å². The first-order valence-corrected chi connectivity index (χ1v) is 7.84. The van der Waals surface area contributed by atoms with Crippen molar-refractivity contribution >= 4 is 45.3 Å². The molecule has 112 valence electrons. The van der Waals surface area contributed by atoms with Crippen LogP contribution in [-0.2, 0) is 9.59 Å². The molecule has 21 heavy (non-hydrogen) atoms. The summed E-state index contributed by atoms with van der Waals surface area (Å²) in [5.41, 5.74) is 0.741. The van der Waals surface area contributed by atoms with Gasteiger partial charge >= 0.3 is 11.9 Å². The Labute approximate surface area is 128 Å². The van der Waals surface area contributed by atoms with Gasteiger partial charge < -0.3 is 14.9 Å². The molecule has 0 fully saturated rings. The summed E-state index contributed by atoms with van der Waals surface area (Å²) >= 11 is 2.28. The molecular formula is C13H13NO5S2. The highest BCUT2D eigenvalue weighted by atomic mass is 32.2. The van der Waals surface area contributed by atoms with Crippen LogP contribution < -0.4 is 4.74 Å². The number of nitrogens with zero attached hydrogens (tertiary/aromatic N) is 1. The molecule has 0 aliphatic rings. The Hall–Kier alpha value is -1.80. The van der Waals surface area contributed by atoms with Crippen LogP contribution in [0.3, 0.4) is 0 Å². The number of aliphatic carboxylic acids is 2. The van der Waals surface area contributed by atoms with Crippen LogP contribution >= 0.6 is 23.1 Å². The van der Waals surface area contributed by atoms with Crippen molar-refractivity contribution in [2.24, 2.45) is 0 Å². The molecule has 0 amide bonds. The quantitative estimate of drug-likeness (QED) is 0.755. The van der Waals surface area contributed by atoms with E-state index in [0.29, 0.717) is 10.9 Å². The lowest BCUT2D eigenvalue weighted by molar-refractivity contribution is -0.142. The van der Waals surface area contributed by atoms with E-state index in [2.05, 4.69) is 4.98 Å². The SMILES string of the molecule is CCOc1ccc2nc(SC(CC(=O)O)C(=O)O)sc2c1. The molecule has 2 rings (SSSR count). The molecule has 1 atom stereocenters. The normalized spacial score (nSPS) is 12.2. The minimum absolute atomic E-state index is 0.444. The average molecular weight is 327 g/mol.